The molecule has 3 heteroatoms. The SMILES string of the molecule is C=C(C)C(=O)Oc1c2c(c(OC)c3ccccc13)CC=CC2. The van der Waals surface area contributed by atoms with Crippen molar-refractivity contribution in [2.24, 2.45) is 0 Å². The molecule has 0 unspecified atom stereocenters. The maximum absolute atomic E-state index is 12.0. The maximum Gasteiger partial charge on any atom is 0.338 e. The van der Waals surface area contributed by atoms with E-state index in [1.807, 2.05) is 24.3 Å². The second-order valence-electron chi connectivity index (χ2n) is 5.41. The van der Waals surface area contributed by atoms with Crippen molar-refractivity contribution in [3.63, 3.8) is 0 Å². The van der Waals surface area contributed by atoms with E-state index in [-0.39, 0.29) is 0 Å². The van der Waals surface area contributed by atoms with Gasteiger partial charge >= 0.3 is 5.97 Å². The molecule has 3 nitrogen and oxygen atoms in total. The zero-order valence-electron chi connectivity index (χ0n) is 12.8. The highest BCUT2D eigenvalue weighted by Gasteiger charge is 2.23. The van der Waals surface area contributed by atoms with Crippen molar-refractivity contribution in [3.05, 3.63) is 59.7 Å². The van der Waals surface area contributed by atoms with E-state index < -0.39 is 5.97 Å². The molecule has 1 aliphatic carbocycles. The molecular formula is C19H18O3. The first-order valence-corrected chi connectivity index (χ1v) is 7.26. The van der Waals surface area contributed by atoms with Crippen LogP contribution >= 0.6 is 0 Å². The van der Waals surface area contributed by atoms with Gasteiger partial charge in [-0.15, -0.1) is 0 Å². The quantitative estimate of drug-likeness (QED) is 0.372. The van der Waals surface area contributed by atoms with Gasteiger partial charge in [-0.2, -0.15) is 0 Å². The third kappa shape index (κ3) is 2.29. The molecule has 2 aromatic rings. The van der Waals surface area contributed by atoms with Crippen LogP contribution in [0.2, 0.25) is 0 Å². The van der Waals surface area contributed by atoms with Gasteiger partial charge in [0.05, 0.1) is 7.11 Å². The molecule has 0 heterocycles. The van der Waals surface area contributed by atoms with E-state index in [1.165, 1.54) is 0 Å². The Kier molecular flexibility index (Phi) is 3.72. The predicted octanol–water partition coefficient (Wildman–Crippen LogP) is 3.98. The van der Waals surface area contributed by atoms with Gasteiger partial charge in [-0.05, 0) is 19.8 Å². The van der Waals surface area contributed by atoms with E-state index >= 15 is 0 Å². The number of allylic oxidation sites excluding steroid dienone is 2. The fourth-order valence-corrected chi connectivity index (χ4v) is 2.84. The van der Waals surface area contributed by atoms with Crippen molar-refractivity contribution >= 4 is 16.7 Å². The van der Waals surface area contributed by atoms with Crippen LogP contribution in [-0.2, 0) is 17.6 Å². The van der Waals surface area contributed by atoms with Crippen LogP contribution in [0.4, 0.5) is 0 Å². The van der Waals surface area contributed by atoms with E-state index in [4.69, 9.17) is 9.47 Å². The first kappa shape index (κ1) is 14.4. The number of hydrogen-bond donors (Lipinski definition) is 0. The van der Waals surface area contributed by atoms with Crippen molar-refractivity contribution in [1.82, 2.24) is 0 Å². The Bertz CT molecular complexity index is 800. The molecule has 0 radical (unpaired) electrons. The summed E-state index contributed by atoms with van der Waals surface area (Å²) in [6, 6.07) is 7.84. The van der Waals surface area contributed by atoms with Gasteiger partial charge in [0.1, 0.15) is 11.5 Å². The Labute approximate surface area is 129 Å². The van der Waals surface area contributed by atoms with Crippen LogP contribution in [0.25, 0.3) is 10.8 Å². The summed E-state index contributed by atoms with van der Waals surface area (Å²) in [5, 5.41) is 1.85. The largest absolute Gasteiger partial charge is 0.496 e. The first-order chi connectivity index (χ1) is 10.6. The minimum absolute atomic E-state index is 0.389. The number of carbonyl (C=O) groups excluding carboxylic acids is 1. The molecular weight excluding hydrogens is 276 g/mol. The minimum Gasteiger partial charge on any atom is -0.496 e. The molecule has 112 valence electrons. The van der Waals surface area contributed by atoms with Gasteiger partial charge in [0.15, 0.2) is 0 Å². The second-order valence-corrected chi connectivity index (χ2v) is 5.41. The van der Waals surface area contributed by atoms with Gasteiger partial charge in [0.2, 0.25) is 0 Å². The minimum atomic E-state index is -0.396. The van der Waals surface area contributed by atoms with E-state index in [9.17, 15) is 4.79 Å². The van der Waals surface area contributed by atoms with Gasteiger partial charge in [-0.1, -0.05) is 43.0 Å². The molecule has 0 atom stereocenters. The van der Waals surface area contributed by atoms with Gasteiger partial charge in [0, 0.05) is 27.5 Å². The highest BCUT2D eigenvalue weighted by Crippen LogP contribution is 2.43. The lowest BCUT2D eigenvalue weighted by Gasteiger charge is -2.22. The van der Waals surface area contributed by atoms with Crippen molar-refractivity contribution < 1.29 is 14.3 Å². The molecule has 0 spiro atoms. The average Bonchev–Trinajstić information content (AvgIpc) is 2.54. The summed E-state index contributed by atoms with van der Waals surface area (Å²) >= 11 is 0. The number of carbonyl (C=O) groups is 1. The molecule has 0 aromatic heterocycles. The van der Waals surface area contributed by atoms with Crippen LogP contribution in [0.5, 0.6) is 11.5 Å². The number of hydrogen-bond acceptors (Lipinski definition) is 3. The summed E-state index contributed by atoms with van der Waals surface area (Å²) in [6.45, 7) is 5.32. The highest BCUT2D eigenvalue weighted by atomic mass is 16.5. The molecule has 2 aromatic carbocycles. The van der Waals surface area contributed by atoms with Crippen LogP contribution in [-0.4, -0.2) is 13.1 Å². The number of esters is 1. The van der Waals surface area contributed by atoms with Gasteiger partial charge < -0.3 is 9.47 Å². The Morgan fingerprint density at radius 2 is 1.59 bits per heavy atom. The van der Waals surface area contributed by atoms with Crippen LogP contribution < -0.4 is 9.47 Å². The number of rotatable bonds is 3. The number of benzene rings is 2. The summed E-state index contributed by atoms with van der Waals surface area (Å²) in [6.07, 6.45) is 5.72. The lowest BCUT2D eigenvalue weighted by molar-refractivity contribution is -0.130. The Balaban J connectivity index is 2.30. The lowest BCUT2D eigenvalue weighted by atomic mass is 9.90. The Hall–Kier alpha value is -2.55. The molecule has 0 N–H and O–H groups in total. The third-order valence-corrected chi connectivity index (χ3v) is 3.89. The first-order valence-electron chi connectivity index (χ1n) is 7.26. The lowest BCUT2D eigenvalue weighted by Crippen LogP contribution is -2.13. The number of methoxy groups -OCH3 is 1. The van der Waals surface area contributed by atoms with E-state index in [1.54, 1.807) is 14.0 Å². The molecule has 3 rings (SSSR count). The zero-order valence-corrected chi connectivity index (χ0v) is 12.8. The van der Waals surface area contributed by atoms with Crippen molar-refractivity contribution in [1.29, 1.82) is 0 Å². The molecule has 0 bridgehead atoms. The van der Waals surface area contributed by atoms with Crippen molar-refractivity contribution in [3.8, 4) is 11.5 Å². The zero-order chi connectivity index (χ0) is 15.7. The summed E-state index contributed by atoms with van der Waals surface area (Å²) < 4.78 is 11.3. The predicted molar refractivity (Wildman–Crippen MR) is 87.5 cm³/mol. The molecule has 0 saturated carbocycles. The molecule has 0 fully saturated rings. The molecule has 0 saturated heterocycles. The molecule has 22 heavy (non-hydrogen) atoms. The smallest absolute Gasteiger partial charge is 0.338 e. The maximum atomic E-state index is 12.0. The van der Waals surface area contributed by atoms with E-state index in [0.717, 1.165) is 40.5 Å². The number of fused-ring (bicyclic) bond motifs is 2. The van der Waals surface area contributed by atoms with Crippen LogP contribution in [0, 0.1) is 0 Å². The summed E-state index contributed by atoms with van der Waals surface area (Å²) in [5.74, 6) is 1.10. The van der Waals surface area contributed by atoms with E-state index in [0.29, 0.717) is 11.3 Å². The molecule has 1 aliphatic rings. The second kappa shape index (κ2) is 5.68. The van der Waals surface area contributed by atoms with Crippen molar-refractivity contribution in [2.75, 3.05) is 7.11 Å². The van der Waals surface area contributed by atoms with Crippen LogP contribution in [0.15, 0.2) is 48.6 Å². The van der Waals surface area contributed by atoms with Crippen LogP contribution in [0.3, 0.4) is 0 Å². The monoisotopic (exact) mass is 294 g/mol. The fraction of sp³-hybridized carbons (Fsp3) is 0.211. The van der Waals surface area contributed by atoms with Crippen molar-refractivity contribution in [2.45, 2.75) is 19.8 Å². The highest BCUT2D eigenvalue weighted by molar-refractivity contribution is 5.99. The van der Waals surface area contributed by atoms with E-state index in [2.05, 4.69) is 18.7 Å². The topological polar surface area (TPSA) is 35.5 Å². The summed E-state index contributed by atoms with van der Waals surface area (Å²) in [5.41, 5.74) is 2.50. The van der Waals surface area contributed by atoms with Crippen LogP contribution in [0.1, 0.15) is 18.1 Å². The Morgan fingerprint density at radius 3 is 2.14 bits per heavy atom. The average molecular weight is 294 g/mol. The van der Waals surface area contributed by atoms with Gasteiger partial charge in [-0.25, -0.2) is 4.79 Å². The summed E-state index contributed by atoms with van der Waals surface area (Å²) in [4.78, 5) is 12.0. The normalized spacial score (nSPS) is 12.8. The standard InChI is InChI=1S/C19H18O3/c1-12(2)19(20)22-18-15-10-6-4-8-13(15)17(21-3)14-9-5-7-11-16(14)18/h4-8,10H,1,9,11H2,2-3H3. The van der Waals surface area contributed by atoms with Gasteiger partial charge in [0.25, 0.3) is 0 Å². The number of ether oxygens (including phenoxy) is 2. The molecule has 0 aliphatic heterocycles. The Morgan fingerprint density at radius 1 is 1.05 bits per heavy atom. The third-order valence-electron chi connectivity index (χ3n) is 3.89. The summed E-state index contributed by atoms with van der Waals surface area (Å²) in [7, 11) is 1.68. The fourth-order valence-electron chi connectivity index (χ4n) is 2.84. The van der Waals surface area contributed by atoms with Gasteiger partial charge in [-0.3, -0.25) is 0 Å². The molecule has 0 amide bonds.